The molecule has 2 aliphatic rings. The molecular formula is C12H22IN. The van der Waals surface area contributed by atoms with Crippen LogP contribution in [0.15, 0.2) is 0 Å². The Balaban J connectivity index is 1.64. The zero-order chi connectivity index (χ0) is 9.80. The van der Waals surface area contributed by atoms with Crippen molar-refractivity contribution in [3.8, 4) is 0 Å². The third-order valence-corrected chi connectivity index (χ3v) is 4.91. The smallest absolute Gasteiger partial charge is 0.0124 e. The molecule has 0 bridgehead atoms. The van der Waals surface area contributed by atoms with Crippen LogP contribution in [0, 0.1) is 5.92 Å². The summed E-state index contributed by atoms with van der Waals surface area (Å²) in [6, 6.07) is 0.839. The van der Waals surface area contributed by atoms with Crippen LogP contribution in [0.25, 0.3) is 0 Å². The van der Waals surface area contributed by atoms with Crippen LogP contribution in [0.2, 0.25) is 0 Å². The third kappa shape index (κ3) is 3.37. The van der Waals surface area contributed by atoms with E-state index in [4.69, 9.17) is 0 Å². The first kappa shape index (κ1) is 11.2. The van der Waals surface area contributed by atoms with Gasteiger partial charge in [-0.1, -0.05) is 41.9 Å². The number of hydrogen-bond acceptors (Lipinski definition) is 1. The maximum atomic E-state index is 3.79. The van der Waals surface area contributed by atoms with Crippen LogP contribution < -0.4 is 5.32 Å². The lowest BCUT2D eigenvalue weighted by Crippen LogP contribution is -2.36. The van der Waals surface area contributed by atoms with E-state index in [-0.39, 0.29) is 0 Å². The first-order chi connectivity index (χ1) is 6.84. The molecule has 2 fully saturated rings. The Morgan fingerprint density at radius 2 is 1.79 bits per heavy atom. The summed E-state index contributed by atoms with van der Waals surface area (Å²) < 4.78 is 0.933. The summed E-state index contributed by atoms with van der Waals surface area (Å²) in [6.07, 6.45) is 11.6. The molecule has 2 heteroatoms. The van der Waals surface area contributed by atoms with Crippen LogP contribution in [0.1, 0.15) is 51.4 Å². The lowest BCUT2D eigenvalue weighted by Gasteiger charge is -2.27. The van der Waals surface area contributed by atoms with Crippen molar-refractivity contribution in [3.63, 3.8) is 0 Å². The standard InChI is InChI=1S/C12H22IN/c13-11-6-3-7-12(8-11)14-9-10-4-1-2-5-10/h10-12,14H,1-9H2. The van der Waals surface area contributed by atoms with E-state index in [1.54, 1.807) is 0 Å². The lowest BCUT2D eigenvalue weighted by molar-refractivity contribution is 0.357. The molecule has 14 heavy (non-hydrogen) atoms. The molecule has 2 atom stereocenters. The van der Waals surface area contributed by atoms with Crippen molar-refractivity contribution in [1.82, 2.24) is 5.32 Å². The lowest BCUT2D eigenvalue weighted by atomic mass is 9.95. The molecular weight excluding hydrogens is 285 g/mol. The topological polar surface area (TPSA) is 12.0 Å². The van der Waals surface area contributed by atoms with Gasteiger partial charge in [0.2, 0.25) is 0 Å². The monoisotopic (exact) mass is 307 g/mol. The molecule has 0 radical (unpaired) electrons. The molecule has 2 rings (SSSR count). The Kier molecular flexibility index (Phi) is 4.54. The molecule has 0 aromatic heterocycles. The van der Waals surface area contributed by atoms with E-state index >= 15 is 0 Å². The van der Waals surface area contributed by atoms with Crippen molar-refractivity contribution in [2.75, 3.05) is 6.54 Å². The summed E-state index contributed by atoms with van der Waals surface area (Å²) in [5.74, 6) is 1.00. The van der Waals surface area contributed by atoms with Gasteiger partial charge in [0.15, 0.2) is 0 Å². The van der Waals surface area contributed by atoms with E-state index in [0.717, 1.165) is 15.9 Å². The number of alkyl halides is 1. The molecule has 0 aromatic rings. The van der Waals surface area contributed by atoms with Gasteiger partial charge >= 0.3 is 0 Å². The fraction of sp³-hybridized carbons (Fsp3) is 1.00. The van der Waals surface area contributed by atoms with Crippen LogP contribution in [0.4, 0.5) is 0 Å². The summed E-state index contributed by atoms with van der Waals surface area (Å²) in [4.78, 5) is 0. The van der Waals surface area contributed by atoms with E-state index in [1.807, 2.05) is 0 Å². The Hall–Kier alpha value is 0.690. The molecule has 1 N–H and O–H groups in total. The Morgan fingerprint density at radius 1 is 1.00 bits per heavy atom. The van der Waals surface area contributed by atoms with Crippen molar-refractivity contribution in [2.24, 2.45) is 5.92 Å². The molecule has 0 heterocycles. The average Bonchev–Trinajstić information content (AvgIpc) is 2.67. The quantitative estimate of drug-likeness (QED) is 0.621. The molecule has 2 saturated carbocycles. The molecule has 1 nitrogen and oxygen atoms in total. The highest BCUT2D eigenvalue weighted by atomic mass is 127. The predicted molar refractivity (Wildman–Crippen MR) is 70.0 cm³/mol. The maximum absolute atomic E-state index is 3.79. The average molecular weight is 307 g/mol. The number of rotatable bonds is 3. The molecule has 0 aliphatic heterocycles. The summed E-state index contributed by atoms with van der Waals surface area (Å²) in [5.41, 5.74) is 0. The molecule has 0 spiro atoms. The summed E-state index contributed by atoms with van der Waals surface area (Å²) >= 11 is 2.62. The zero-order valence-corrected chi connectivity index (χ0v) is 11.1. The minimum absolute atomic E-state index is 0.839. The summed E-state index contributed by atoms with van der Waals surface area (Å²) in [6.45, 7) is 1.30. The molecule has 0 aromatic carbocycles. The molecule has 82 valence electrons. The van der Waals surface area contributed by atoms with Crippen LogP contribution in [-0.4, -0.2) is 16.5 Å². The van der Waals surface area contributed by atoms with Gasteiger partial charge in [0.25, 0.3) is 0 Å². The minimum atomic E-state index is 0.839. The molecule has 0 saturated heterocycles. The summed E-state index contributed by atoms with van der Waals surface area (Å²) in [5, 5.41) is 3.79. The highest BCUT2D eigenvalue weighted by molar-refractivity contribution is 14.1. The van der Waals surface area contributed by atoms with Crippen LogP contribution in [0.3, 0.4) is 0 Å². The van der Waals surface area contributed by atoms with Gasteiger partial charge in [-0.15, -0.1) is 0 Å². The van der Waals surface area contributed by atoms with Gasteiger partial charge in [-0.2, -0.15) is 0 Å². The summed E-state index contributed by atoms with van der Waals surface area (Å²) in [7, 11) is 0. The van der Waals surface area contributed by atoms with E-state index in [2.05, 4.69) is 27.9 Å². The van der Waals surface area contributed by atoms with Gasteiger partial charge in [0.05, 0.1) is 0 Å². The zero-order valence-electron chi connectivity index (χ0n) is 8.97. The maximum Gasteiger partial charge on any atom is 0.0124 e. The first-order valence-corrected chi connectivity index (χ1v) is 7.46. The van der Waals surface area contributed by atoms with Crippen LogP contribution in [-0.2, 0) is 0 Å². The van der Waals surface area contributed by atoms with Crippen LogP contribution in [0.5, 0.6) is 0 Å². The number of nitrogens with one attached hydrogen (secondary N) is 1. The van der Waals surface area contributed by atoms with Crippen LogP contribution >= 0.6 is 22.6 Å². The van der Waals surface area contributed by atoms with E-state index in [9.17, 15) is 0 Å². The molecule has 2 unspecified atom stereocenters. The Bertz CT molecular complexity index is 166. The van der Waals surface area contributed by atoms with Gasteiger partial charge in [-0.3, -0.25) is 0 Å². The van der Waals surface area contributed by atoms with E-state index in [0.29, 0.717) is 0 Å². The number of halogens is 1. The largest absolute Gasteiger partial charge is 0.314 e. The predicted octanol–water partition coefficient (Wildman–Crippen LogP) is 3.51. The highest BCUT2D eigenvalue weighted by Gasteiger charge is 2.21. The Morgan fingerprint density at radius 3 is 2.50 bits per heavy atom. The van der Waals surface area contributed by atoms with Crippen molar-refractivity contribution in [2.45, 2.75) is 61.3 Å². The van der Waals surface area contributed by atoms with Crippen molar-refractivity contribution in [3.05, 3.63) is 0 Å². The van der Waals surface area contributed by atoms with E-state index < -0.39 is 0 Å². The normalized spacial score (nSPS) is 34.9. The van der Waals surface area contributed by atoms with Gasteiger partial charge in [-0.25, -0.2) is 0 Å². The fourth-order valence-electron chi connectivity index (χ4n) is 2.86. The Labute approximate surface area is 102 Å². The molecule has 2 aliphatic carbocycles. The second-order valence-electron chi connectivity index (χ2n) is 5.02. The first-order valence-electron chi connectivity index (χ1n) is 6.22. The van der Waals surface area contributed by atoms with Crippen molar-refractivity contribution >= 4 is 22.6 Å². The number of hydrogen-bond donors (Lipinski definition) is 1. The van der Waals surface area contributed by atoms with E-state index in [1.165, 1.54) is 57.9 Å². The second-order valence-corrected chi connectivity index (χ2v) is 6.78. The van der Waals surface area contributed by atoms with Gasteiger partial charge in [0.1, 0.15) is 0 Å². The fourth-order valence-corrected chi connectivity index (χ4v) is 3.92. The van der Waals surface area contributed by atoms with Gasteiger partial charge in [-0.05, 0) is 44.6 Å². The highest BCUT2D eigenvalue weighted by Crippen LogP contribution is 2.27. The molecule has 0 amide bonds. The third-order valence-electron chi connectivity index (χ3n) is 3.78. The van der Waals surface area contributed by atoms with Crippen molar-refractivity contribution < 1.29 is 0 Å². The van der Waals surface area contributed by atoms with Crippen molar-refractivity contribution in [1.29, 1.82) is 0 Å². The minimum Gasteiger partial charge on any atom is -0.314 e. The van der Waals surface area contributed by atoms with Gasteiger partial charge in [0, 0.05) is 9.97 Å². The van der Waals surface area contributed by atoms with Gasteiger partial charge < -0.3 is 5.32 Å². The second kappa shape index (κ2) is 5.69. The SMILES string of the molecule is IC1CCCC(NCC2CCCC2)C1.